The number of carbonyl (C=O) groups is 2. The largest absolute Gasteiger partial charge is 0.507 e. The molecule has 6 heteroatoms. The molecular weight excluding hydrogens is 241 g/mol. The van der Waals surface area contributed by atoms with Crippen LogP contribution in [0.25, 0.3) is 0 Å². The normalized spacial score (nSPS) is 10.1. The van der Waals surface area contributed by atoms with Gasteiger partial charge in [0.1, 0.15) is 11.6 Å². The number of hydrogen-bond acceptors (Lipinski definition) is 3. The molecule has 3 N–H and O–H groups in total. The van der Waals surface area contributed by atoms with E-state index in [0.29, 0.717) is 19.4 Å². The lowest BCUT2D eigenvalue weighted by Gasteiger charge is -2.06. The first-order chi connectivity index (χ1) is 8.50. The van der Waals surface area contributed by atoms with E-state index in [2.05, 4.69) is 5.32 Å². The van der Waals surface area contributed by atoms with Crippen LogP contribution in [-0.2, 0) is 4.79 Å². The summed E-state index contributed by atoms with van der Waals surface area (Å²) in [4.78, 5) is 21.8. The first-order valence-corrected chi connectivity index (χ1v) is 5.49. The van der Waals surface area contributed by atoms with Gasteiger partial charge in [-0.3, -0.25) is 9.59 Å². The molecule has 0 bridgehead atoms. The molecule has 0 aliphatic carbocycles. The summed E-state index contributed by atoms with van der Waals surface area (Å²) in [5, 5.41) is 20.3. The maximum atomic E-state index is 12.7. The van der Waals surface area contributed by atoms with Crippen molar-refractivity contribution in [1.29, 1.82) is 0 Å². The SMILES string of the molecule is O=C(O)CCCCNC(=O)c1ccc(F)cc1O. The van der Waals surface area contributed by atoms with Crippen molar-refractivity contribution >= 4 is 11.9 Å². The maximum absolute atomic E-state index is 12.7. The number of carbonyl (C=O) groups excluding carboxylic acids is 1. The van der Waals surface area contributed by atoms with E-state index in [-0.39, 0.29) is 12.0 Å². The number of unbranched alkanes of at least 4 members (excludes halogenated alkanes) is 1. The second-order valence-corrected chi connectivity index (χ2v) is 3.77. The third-order valence-corrected chi connectivity index (χ3v) is 2.31. The summed E-state index contributed by atoms with van der Waals surface area (Å²) in [7, 11) is 0. The topological polar surface area (TPSA) is 86.6 Å². The van der Waals surface area contributed by atoms with E-state index < -0.39 is 23.4 Å². The number of nitrogens with one attached hydrogen (secondary N) is 1. The number of aliphatic carboxylic acids is 1. The van der Waals surface area contributed by atoms with Crippen molar-refractivity contribution in [3.8, 4) is 5.75 Å². The highest BCUT2D eigenvalue weighted by molar-refractivity contribution is 5.96. The van der Waals surface area contributed by atoms with Crippen molar-refractivity contribution in [2.75, 3.05) is 6.54 Å². The standard InChI is InChI=1S/C12H14FNO4/c13-8-4-5-9(10(15)7-8)12(18)14-6-2-1-3-11(16)17/h4-5,7,15H,1-3,6H2,(H,14,18)(H,16,17). The number of amides is 1. The van der Waals surface area contributed by atoms with Crippen molar-refractivity contribution in [2.45, 2.75) is 19.3 Å². The molecule has 0 heterocycles. The molecule has 1 amide bonds. The van der Waals surface area contributed by atoms with Crippen molar-refractivity contribution in [3.63, 3.8) is 0 Å². The molecule has 0 aliphatic rings. The summed E-state index contributed by atoms with van der Waals surface area (Å²) in [6.07, 6.45) is 1.04. The Labute approximate surface area is 103 Å². The molecule has 0 aliphatic heterocycles. The Bertz CT molecular complexity index is 448. The Morgan fingerprint density at radius 1 is 1.28 bits per heavy atom. The van der Waals surface area contributed by atoms with Crippen LogP contribution >= 0.6 is 0 Å². The first-order valence-electron chi connectivity index (χ1n) is 5.49. The average molecular weight is 255 g/mol. The smallest absolute Gasteiger partial charge is 0.303 e. The molecular formula is C12H14FNO4. The minimum atomic E-state index is -0.877. The molecule has 1 rings (SSSR count). The summed E-state index contributed by atoms with van der Waals surface area (Å²) in [6, 6.07) is 3.13. The molecule has 18 heavy (non-hydrogen) atoms. The number of phenolic OH excluding ortho intramolecular Hbond substituents is 1. The molecule has 98 valence electrons. The number of halogens is 1. The lowest BCUT2D eigenvalue weighted by Crippen LogP contribution is -2.24. The molecule has 0 aromatic heterocycles. The first kappa shape index (κ1) is 14.0. The monoisotopic (exact) mass is 255 g/mol. The van der Waals surface area contributed by atoms with Crippen LogP contribution in [0.3, 0.4) is 0 Å². The van der Waals surface area contributed by atoms with Crippen LogP contribution in [0.2, 0.25) is 0 Å². The zero-order valence-electron chi connectivity index (χ0n) is 9.65. The van der Waals surface area contributed by atoms with Gasteiger partial charge in [-0.25, -0.2) is 4.39 Å². The second kappa shape index (κ2) is 6.58. The third kappa shape index (κ3) is 4.40. The van der Waals surface area contributed by atoms with Gasteiger partial charge >= 0.3 is 5.97 Å². The zero-order chi connectivity index (χ0) is 13.5. The number of aromatic hydroxyl groups is 1. The fourth-order valence-corrected chi connectivity index (χ4v) is 1.40. The van der Waals surface area contributed by atoms with Gasteiger partial charge in [-0.1, -0.05) is 0 Å². The predicted molar refractivity (Wildman–Crippen MR) is 61.9 cm³/mol. The van der Waals surface area contributed by atoms with Crippen LogP contribution < -0.4 is 5.32 Å². The van der Waals surface area contributed by atoms with Crippen LogP contribution in [0.1, 0.15) is 29.6 Å². The van der Waals surface area contributed by atoms with Gasteiger partial charge < -0.3 is 15.5 Å². The van der Waals surface area contributed by atoms with Gasteiger partial charge in [0.05, 0.1) is 5.56 Å². The number of rotatable bonds is 6. The minimum absolute atomic E-state index is 0.00497. The molecule has 0 saturated heterocycles. The summed E-state index contributed by atoms with van der Waals surface area (Å²) in [6.45, 7) is 0.308. The van der Waals surface area contributed by atoms with Crippen LogP contribution in [0.5, 0.6) is 5.75 Å². The van der Waals surface area contributed by atoms with E-state index in [1.54, 1.807) is 0 Å². The molecule has 0 saturated carbocycles. The van der Waals surface area contributed by atoms with Gasteiger partial charge in [0.25, 0.3) is 5.91 Å². The van der Waals surface area contributed by atoms with Gasteiger partial charge in [-0.05, 0) is 25.0 Å². The Kier molecular flexibility index (Phi) is 5.10. The fraction of sp³-hybridized carbons (Fsp3) is 0.333. The highest BCUT2D eigenvalue weighted by Crippen LogP contribution is 2.17. The molecule has 0 radical (unpaired) electrons. The molecule has 0 spiro atoms. The van der Waals surface area contributed by atoms with Crippen molar-refractivity contribution < 1.29 is 24.2 Å². The Morgan fingerprint density at radius 3 is 2.61 bits per heavy atom. The van der Waals surface area contributed by atoms with Crippen molar-refractivity contribution in [1.82, 2.24) is 5.32 Å². The highest BCUT2D eigenvalue weighted by Gasteiger charge is 2.10. The molecule has 0 fully saturated rings. The second-order valence-electron chi connectivity index (χ2n) is 3.77. The molecule has 0 atom stereocenters. The van der Waals surface area contributed by atoms with Gasteiger partial charge in [0.2, 0.25) is 0 Å². The summed E-state index contributed by atoms with van der Waals surface area (Å²) >= 11 is 0. The summed E-state index contributed by atoms with van der Waals surface area (Å²) in [5.74, 6) is -2.43. The fourth-order valence-electron chi connectivity index (χ4n) is 1.40. The van der Waals surface area contributed by atoms with Crippen LogP contribution in [0.15, 0.2) is 18.2 Å². The van der Waals surface area contributed by atoms with Crippen LogP contribution in [-0.4, -0.2) is 28.6 Å². The van der Waals surface area contributed by atoms with E-state index in [9.17, 15) is 19.1 Å². The summed E-state index contributed by atoms with van der Waals surface area (Å²) < 4.78 is 12.7. The van der Waals surface area contributed by atoms with Gasteiger partial charge in [0.15, 0.2) is 0 Å². The maximum Gasteiger partial charge on any atom is 0.303 e. The lowest BCUT2D eigenvalue weighted by atomic mass is 10.1. The average Bonchev–Trinajstić information content (AvgIpc) is 2.27. The molecule has 1 aromatic carbocycles. The Balaban J connectivity index is 2.39. The quantitative estimate of drug-likeness (QED) is 0.672. The zero-order valence-corrected chi connectivity index (χ0v) is 9.65. The van der Waals surface area contributed by atoms with Gasteiger partial charge in [-0.2, -0.15) is 0 Å². The molecule has 5 nitrogen and oxygen atoms in total. The van der Waals surface area contributed by atoms with Crippen LogP contribution in [0.4, 0.5) is 4.39 Å². The predicted octanol–water partition coefficient (Wildman–Crippen LogP) is 1.52. The summed E-state index contributed by atoms with van der Waals surface area (Å²) in [5.41, 5.74) is -0.00497. The number of carboxylic acids is 1. The van der Waals surface area contributed by atoms with Gasteiger partial charge in [0, 0.05) is 19.0 Å². The van der Waals surface area contributed by atoms with Gasteiger partial charge in [-0.15, -0.1) is 0 Å². The van der Waals surface area contributed by atoms with E-state index in [1.165, 1.54) is 6.07 Å². The van der Waals surface area contributed by atoms with E-state index >= 15 is 0 Å². The van der Waals surface area contributed by atoms with Crippen molar-refractivity contribution in [2.24, 2.45) is 0 Å². The number of phenols is 1. The Morgan fingerprint density at radius 2 is 2.00 bits per heavy atom. The Hall–Kier alpha value is -2.11. The minimum Gasteiger partial charge on any atom is -0.507 e. The molecule has 1 aromatic rings. The number of carboxylic acid groups (broad SMARTS) is 1. The highest BCUT2D eigenvalue weighted by atomic mass is 19.1. The number of hydrogen-bond donors (Lipinski definition) is 3. The third-order valence-electron chi connectivity index (χ3n) is 2.31. The van der Waals surface area contributed by atoms with E-state index in [0.717, 1.165) is 12.1 Å². The van der Waals surface area contributed by atoms with Crippen molar-refractivity contribution in [3.05, 3.63) is 29.6 Å². The van der Waals surface area contributed by atoms with Crippen LogP contribution in [0, 0.1) is 5.82 Å². The lowest BCUT2D eigenvalue weighted by molar-refractivity contribution is -0.137. The van der Waals surface area contributed by atoms with E-state index in [4.69, 9.17) is 5.11 Å². The number of benzene rings is 1. The van der Waals surface area contributed by atoms with E-state index in [1.807, 2.05) is 0 Å². The molecule has 0 unspecified atom stereocenters.